The van der Waals surface area contributed by atoms with Gasteiger partial charge in [0.25, 0.3) is 5.56 Å². The quantitative estimate of drug-likeness (QED) is 0.936. The van der Waals surface area contributed by atoms with E-state index in [-0.39, 0.29) is 12.2 Å². The minimum atomic E-state index is -0.391. The number of aromatic nitrogens is 1. The van der Waals surface area contributed by atoms with Gasteiger partial charge >= 0.3 is 0 Å². The van der Waals surface area contributed by atoms with Gasteiger partial charge in [-0.25, -0.2) is 0 Å². The smallest absolute Gasteiger partial charge is 0.266 e. The highest BCUT2D eigenvalue weighted by molar-refractivity contribution is 6.30. The molecule has 0 atom stereocenters. The van der Waals surface area contributed by atoms with Gasteiger partial charge in [0.05, 0.1) is 0 Å². The fourth-order valence-corrected chi connectivity index (χ4v) is 1.81. The van der Waals surface area contributed by atoms with Gasteiger partial charge in [-0.2, -0.15) is 5.26 Å². The molecule has 1 aromatic carbocycles. The van der Waals surface area contributed by atoms with E-state index in [0.29, 0.717) is 22.0 Å². The third kappa shape index (κ3) is 3.15. The summed E-state index contributed by atoms with van der Waals surface area (Å²) < 4.78 is 5.54. The number of nitrogens with one attached hydrogen (secondary N) is 1. The highest BCUT2D eigenvalue weighted by Crippen LogP contribution is 2.17. The Morgan fingerprint density at radius 1 is 1.37 bits per heavy atom. The van der Waals surface area contributed by atoms with E-state index in [2.05, 4.69) is 4.98 Å². The Balaban J connectivity index is 2.22. The van der Waals surface area contributed by atoms with Gasteiger partial charge in [0.15, 0.2) is 0 Å². The Kier molecular flexibility index (Phi) is 3.88. The molecular weight excluding hydrogens is 264 g/mol. The van der Waals surface area contributed by atoms with Gasteiger partial charge in [-0.3, -0.25) is 4.79 Å². The first kappa shape index (κ1) is 13.2. The van der Waals surface area contributed by atoms with Gasteiger partial charge in [0.2, 0.25) is 0 Å². The van der Waals surface area contributed by atoms with Crippen LogP contribution in [0.1, 0.15) is 16.8 Å². The lowest BCUT2D eigenvalue weighted by Crippen LogP contribution is -2.15. The Hall–Kier alpha value is -2.25. The largest absolute Gasteiger partial charge is 0.489 e. The van der Waals surface area contributed by atoms with Gasteiger partial charge in [-0.15, -0.1) is 0 Å². The molecule has 5 heteroatoms. The molecule has 0 spiro atoms. The minimum absolute atomic E-state index is 0.0829. The maximum atomic E-state index is 11.6. The third-order valence-corrected chi connectivity index (χ3v) is 2.82. The van der Waals surface area contributed by atoms with Crippen LogP contribution in [-0.2, 0) is 6.61 Å². The lowest BCUT2D eigenvalue weighted by Gasteiger charge is -2.08. The summed E-state index contributed by atoms with van der Waals surface area (Å²) in [6.07, 6.45) is 0. The number of hydrogen-bond donors (Lipinski definition) is 1. The molecule has 96 valence electrons. The topological polar surface area (TPSA) is 65.9 Å². The highest BCUT2D eigenvalue weighted by atomic mass is 35.5. The van der Waals surface area contributed by atoms with Crippen LogP contribution in [0.25, 0.3) is 0 Å². The van der Waals surface area contributed by atoms with Crippen molar-refractivity contribution in [2.24, 2.45) is 0 Å². The second-order valence-corrected chi connectivity index (χ2v) is 4.47. The van der Waals surface area contributed by atoms with Crippen LogP contribution >= 0.6 is 11.6 Å². The summed E-state index contributed by atoms with van der Waals surface area (Å²) in [5, 5.41) is 9.60. The van der Waals surface area contributed by atoms with Gasteiger partial charge in [-0.1, -0.05) is 11.6 Å². The summed E-state index contributed by atoms with van der Waals surface area (Å²) in [6.45, 7) is 1.92. The summed E-state index contributed by atoms with van der Waals surface area (Å²) in [5.41, 5.74) is 0.953. The number of nitrogens with zero attached hydrogens (tertiary/aromatic N) is 1. The van der Waals surface area contributed by atoms with Gasteiger partial charge < -0.3 is 9.72 Å². The number of hydrogen-bond acceptors (Lipinski definition) is 3. The second kappa shape index (κ2) is 5.59. The van der Waals surface area contributed by atoms with E-state index in [1.165, 1.54) is 0 Å². The number of pyridine rings is 1. The molecule has 0 aliphatic heterocycles. The van der Waals surface area contributed by atoms with Crippen molar-refractivity contribution in [3.63, 3.8) is 0 Å². The molecule has 19 heavy (non-hydrogen) atoms. The average Bonchev–Trinajstić information content (AvgIpc) is 2.37. The Labute approximate surface area is 115 Å². The van der Waals surface area contributed by atoms with Crippen molar-refractivity contribution < 1.29 is 4.74 Å². The van der Waals surface area contributed by atoms with Crippen molar-refractivity contribution >= 4 is 11.6 Å². The monoisotopic (exact) mass is 274 g/mol. The highest BCUT2D eigenvalue weighted by Gasteiger charge is 2.08. The van der Waals surface area contributed by atoms with E-state index in [1.54, 1.807) is 37.3 Å². The fraction of sp³-hybridized carbons (Fsp3) is 0.143. The first-order valence-electron chi connectivity index (χ1n) is 5.61. The lowest BCUT2D eigenvalue weighted by atomic mass is 10.1. The summed E-state index contributed by atoms with van der Waals surface area (Å²) >= 11 is 5.77. The maximum Gasteiger partial charge on any atom is 0.266 e. The molecule has 0 aliphatic carbocycles. The molecule has 0 saturated heterocycles. The first-order chi connectivity index (χ1) is 9.10. The van der Waals surface area contributed by atoms with Gasteiger partial charge in [-0.05, 0) is 37.3 Å². The van der Waals surface area contributed by atoms with Crippen LogP contribution in [-0.4, -0.2) is 4.98 Å². The normalized spacial score (nSPS) is 9.95. The van der Waals surface area contributed by atoms with Gasteiger partial charge in [0, 0.05) is 16.3 Å². The number of halogens is 1. The molecule has 0 fully saturated rings. The zero-order chi connectivity index (χ0) is 13.8. The summed E-state index contributed by atoms with van der Waals surface area (Å²) in [5.74, 6) is 0.631. The number of aromatic amines is 1. The van der Waals surface area contributed by atoms with Crippen LogP contribution in [0.15, 0.2) is 35.1 Å². The Bertz CT molecular complexity index is 684. The predicted molar refractivity (Wildman–Crippen MR) is 72.3 cm³/mol. The number of benzene rings is 1. The zero-order valence-electron chi connectivity index (χ0n) is 10.2. The Morgan fingerprint density at radius 2 is 2.05 bits per heavy atom. The van der Waals surface area contributed by atoms with Crippen molar-refractivity contribution in [1.82, 2.24) is 4.98 Å². The second-order valence-electron chi connectivity index (χ2n) is 4.04. The van der Waals surface area contributed by atoms with E-state index in [9.17, 15) is 4.79 Å². The zero-order valence-corrected chi connectivity index (χ0v) is 11.0. The van der Waals surface area contributed by atoms with Crippen molar-refractivity contribution in [1.29, 1.82) is 5.26 Å². The van der Waals surface area contributed by atoms with Crippen LogP contribution < -0.4 is 10.3 Å². The maximum absolute atomic E-state index is 11.6. The Morgan fingerprint density at radius 3 is 2.68 bits per heavy atom. The molecule has 0 saturated carbocycles. The number of H-pyrrole nitrogens is 1. The van der Waals surface area contributed by atoms with Crippen molar-refractivity contribution in [3.8, 4) is 11.8 Å². The van der Waals surface area contributed by atoms with Gasteiger partial charge in [0.1, 0.15) is 24.0 Å². The number of rotatable bonds is 3. The average molecular weight is 275 g/mol. The third-order valence-electron chi connectivity index (χ3n) is 2.57. The summed E-state index contributed by atoms with van der Waals surface area (Å²) in [4.78, 5) is 14.2. The molecule has 0 amide bonds. The van der Waals surface area contributed by atoms with Crippen LogP contribution in [0, 0.1) is 18.3 Å². The molecule has 4 nitrogen and oxygen atoms in total. The van der Waals surface area contributed by atoms with E-state index in [0.717, 1.165) is 0 Å². The summed E-state index contributed by atoms with van der Waals surface area (Å²) in [6, 6.07) is 10.5. The van der Waals surface area contributed by atoms with E-state index >= 15 is 0 Å². The molecule has 0 bridgehead atoms. The number of aryl methyl sites for hydroxylation is 1. The molecule has 0 unspecified atom stereocenters. The first-order valence-corrected chi connectivity index (χ1v) is 5.99. The molecular formula is C14H11ClN2O2. The molecule has 0 aliphatic rings. The van der Waals surface area contributed by atoms with Crippen molar-refractivity contribution in [3.05, 3.63) is 62.5 Å². The molecule has 2 aromatic rings. The molecule has 1 heterocycles. The molecule has 1 aromatic heterocycles. The lowest BCUT2D eigenvalue weighted by molar-refractivity contribution is 0.305. The van der Waals surface area contributed by atoms with Crippen LogP contribution in [0.4, 0.5) is 0 Å². The molecule has 0 radical (unpaired) electrons. The van der Waals surface area contributed by atoms with Crippen LogP contribution in [0.3, 0.4) is 0 Å². The van der Waals surface area contributed by atoms with E-state index in [4.69, 9.17) is 21.6 Å². The molecule has 1 N–H and O–H groups in total. The predicted octanol–water partition coefficient (Wildman–Crippen LogP) is 2.79. The summed E-state index contributed by atoms with van der Waals surface area (Å²) in [7, 11) is 0. The molecule has 2 rings (SSSR count). The fourth-order valence-electron chi connectivity index (χ4n) is 1.69. The number of nitriles is 1. The minimum Gasteiger partial charge on any atom is -0.489 e. The SMILES string of the molecule is Cc1cc(COc2ccc(Cl)cc2)c(C#N)c(=O)[nH]1. The van der Waals surface area contributed by atoms with E-state index in [1.807, 2.05) is 6.07 Å². The standard InChI is InChI=1S/C14H11ClN2O2/c1-9-6-10(13(7-16)14(18)17-9)8-19-12-4-2-11(15)3-5-12/h2-6H,8H2,1H3,(H,17,18). The van der Waals surface area contributed by atoms with Crippen molar-refractivity contribution in [2.75, 3.05) is 0 Å². The van der Waals surface area contributed by atoms with Crippen LogP contribution in [0.2, 0.25) is 5.02 Å². The number of ether oxygens (including phenoxy) is 1. The van der Waals surface area contributed by atoms with Crippen molar-refractivity contribution in [2.45, 2.75) is 13.5 Å². The van der Waals surface area contributed by atoms with E-state index < -0.39 is 5.56 Å². The van der Waals surface area contributed by atoms with Crippen LogP contribution in [0.5, 0.6) is 5.75 Å².